The molecule has 144 valence electrons. The summed E-state index contributed by atoms with van der Waals surface area (Å²) in [5, 5.41) is 16.0. The van der Waals surface area contributed by atoms with Crippen molar-refractivity contribution in [2.75, 3.05) is 6.61 Å². The van der Waals surface area contributed by atoms with Crippen LogP contribution in [0.15, 0.2) is 0 Å². The van der Waals surface area contributed by atoms with E-state index in [0.29, 0.717) is 0 Å². The average molecular weight is 404 g/mol. The van der Waals surface area contributed by atoms with E-state index in [4.69, 9.17) is 19.3 Å². The van der Waals surface area contributed by atoms with Crippen LogP contribution in [-0.2, 0) is 20.2 Å². The maximum absolute atomic E-state index is 11.4. The maximum Gasteiger partial charge on any atom is 0.303 e. The molecule has 0 aliphatic rings. The van der Waals surface area contributed by atoms with Gasteiger partial charge in [0.1, 0.15) is 0 Å². The molecule has 0 fully saturated rings. The van der Waals surface area contributed by atoms with Gasteiger partial charge in [-0.1, -0.05) is 0 Å². The number of alkyl halides is 6. The van der Waals surface area contributed by atoms with Gasteiger partial charge in [0.05, 0.1) is 12.7 Å². The summed E-state index contributed by atoms with van der Waals surface area (Å²) in [5.74, 6) is 0. The first kappa shape index (κ1) is 27.2. The summed E-state index contributed by atoms with van der Waals surface area (Å²) >= 11 is 0. The van der Waals surface area contributed by atoms with Crippen molar-refractivity contribution in [2.45, 2.75) is 36.9 Å². The first-order valence-electron chi connectivity index (χ1n) is 5.04. The number of rotatable bonds is 5. The first-order chi connectivity index (χ1) is 9.98. The molecule has 23 heavy (non-hydrogen) atoms. The van der Waals surface area contributed by atoms with Crippen molar-refractivity contribution in [1.29, 1.82) is 0 Å². The molecule has 8 nitrogen and oxygen atoms in total. The van der Waals surface area contributed by atoms with Crippen LogP contribution in [0.1, 0.15) is 6.92 Å². The average Bonchev–Trinajstić information content (AvgIpc) is 2.35. The molecular weight excluding hydrogens is 390 g/mol. The third-order valence-electron chi connectivity index (χ3n) is 1.23. The third-order valence-corrected chi connectivity index (χ3v) is 2.78. The molecule has 16 heteroatoms. The second-order valence-corrected chi connectivity index (χ2v) is 6.39. The van der Waals surface area contributed by atoms with Crippen LogP contribution in [0.2, 0.25) is 0 Å². The molecule has 0 rings (SSSR count). The number of halogens is 6. The molecule has 0 radical (unpaired) electrons. The van der Waals surface area contributed by atoms with Gasteiger partial charge in [0, 0.05) is 0 Å². The van der Waals surface area contributed by atoms with E-state index in [1.54, 1.807) is 0 Å². The molecule has 0 aliphatic carbocycles. The molecule has 0 bridgehead atoms. The molecule has 4 N–H and O–H groups in total. The largest absolute Gasteiger partial charge is 0.394 e. The first-order valence-corrected chi connectivity index (χ1v) is 8.05. The second-order valence-electron chi connectivity index (χ2n) is 3.43. The zero-order chi connectivity index (χ0) is 19.6. The summed E-state index contributed by atoms with van der Waals surface area (Å²) in [7, 11) is -10.4. The van der Waals surface area contributed by atoms with Gasteiger partial charge in [0.25, 0.3) is 23.9 Å². The lowest BCUT2D eigenvalue weighted by Crippen LogP contribution is -2.22. The van der Waals surface area contributed by atoms with Gasteiger partial charge in [-0.25, -0.2) is 26.3 Å². The van der Waals surface area contributed by atoms with Gasteiger partial charge in [-0.2, -0.15) is 16.8 Å². The summed E-state index contributed by atoms with van der Waals surface area (Å²) in [6, 6.07) is 0. The van der Waals surface area contributed by atoms with Crippen LogP contribution in [0, 0.1) is 0 Å². The smallest absolute Gasteiger partial charge is 0.303 e. The Morgan fingerprint density at radius 3 is 0.957 bits per heavy atom. The lowest BCUT2D eigenvalue weighted by Gasteiger charge is -2.00. The Balaban J connectivity index is -0.000000273. The maximum atomic E-state index is 11.4. The third kappa shape index (κ3) is 17.5. The van der Waals surface area contributed by atoms with Gasteiger partial charge >= 0.3 is 20.2 Å². The SMILES string of the molecule is CC(O)CO.O=S(=O)(O)C(F)C(F)F.O=S(=O)(O)C(F)C(F)F. The topological polar surface area (TPSA) is 149 Å². The quantitative estimate of drug-likeness (QED) is 0.376. The summed E-state index contributed by atoms with van der Waals surface area (Å²) in [6.45, 7) is 1.39. The Bertz CT molecular complexity index is 451. The van der Waals surface area contributed by atoms with Gasteiger partial charge in [0.15, 0.2) is 0 Å². The van der Waals surface area contributed by atoms with Crippen molar-refractivity contribution in [3.8, 4) is 0 Å². The van der Waals surface area contributed by atoms with Crippen molar-refractivity contribution in [1.82, 2.24) is 0 Å². The van der Waals surface area contributed by atoms with Crippen molar-refractivity contribution in [3.05, 3.63) is 0 Å². The Hall–Kier alpha value is -0.680. The van der Waals surface area contributed by atoms with Crippen molar-refractivity contribution in [2.24, 2.45) is 0 Å². The van der Waals surface area contributed by atoms with Gasteiger partial charge < -0.3 is 10.2 Å². The monoisotopic (exact) mass is 404 g/mol. The highest BCUT2D eigenvalue weighted by molar-refractivity contribution is 7.86. The Morgan fingerprint density at radius 1 is 0.783 bits per heavy atom. The standard InChI is InChI=1S/C3H8O2.2C2H3F3O3S/c1-3(5)2-4;2*3-1(4)2(5)9(6,7)8/h3-5H,2H2,1H3;2*1-2H,(H,6,7,8). The minimum atomic E-state index is -5.22. The molecule has 0 saturated carbocycles. The predicted octanol–water partition coefficient (Wildman–Crippen LogP) is 0.229. The van der Waals surface area contributed by atoms with E-state index in [1.165, 1.54) is 6.92 Å². The highest BCUT2D eigenvalue weighted by Gasteiger charge is 2.32. The molecule has 3 atom stereocenters. The lowest BCUT2D eigenvalue weighted by molar-refractivity contribution is 0.0854. The van der Waals surface area contributed by atoms with E-state index in [9.17, 15) is 43.2 Å². The number of hydrogen-bond donors (Lipinski definition) is 4. The van der Waals surface area contributed by atoms with E-state index in [0.717, 1.165) is 0 Å². The molecule has 0 aromatic carbocycles. The van der Waals surface area contributed by atoms with E-state index >= 15 is 0 Å². The van der Waals surface area contributed by atoms with Gasteiger partial charge in [-0.3, -0.25) is 9.11 Å². The van der Waals surface area contributed by atoms with Crippen LogP contribution in [0.3, 0.4) is 0 Å². The van der Waals surface area contributed by atoms with E-state index in [2.05, 4.69) is 0 Å². The fourth-order valence-electron chi connectivity index (χ4n) is 0.260. The van der Waals surface area contributed by atoms with Crippen molar-refractivity contribution < 1.29 is 62.5 Å². The molecule has 0 aliphatic heterocycles. The van der Waals surface area contributed by atoms with Crippen molar-refractivity contribution >= 4 is 20.2 Å². The Labute approximate surface area is 127 Å². The number of aliphatic hydroxyl groups excluding tert-OH is 2. The van der Waals surface area contributed by atoms with Crippen LogP contribution in [0.25, 0.3) is 0 Å². The number of aliphatic hydroxyl groups is 2. The molecule has 0 spiro atoms. The molecule has 0 amide bonds. The Kier molecular flexibility index (Phi) is 13.9. The molecule has 0 aromatic heterocycles. The fraction of sp³-hybridized carbons (Fsp3) is 1.00. The number of hydrogen-bond acceptors (Lipinski definition) is 6. The normalized spacial score (nSPS) is 15.9. The predicted molar refractivity (Wildman–Crippen MR) is 63.7 cm³/mol. The summed E-state index contributed by atoms with van der Waals surface area (Å²) in [4.78, 5) is 0. The minimum absolute atomic E-state index is 0.139. The van der Waals surface area contributed by atoms with Crippen LogP contribution >= 0.6 is 0 Å². The summed E-state index contributed by atoms with van der Waals surface area (Å²) in [5.41, 5.74) is -6.98. The van der Waals surface area contributed by atoms with Gasteiger partial charge in [-0.05, 0) is 6.92 Å². The highest BCUT2D eigenvalue weighted by atomic mass is 32.2. The summed E-state index contributed by atoms with van der Waals surface area (Å²) < 4.78 is 120. The summed E-state index contributed by atoms with van der Waals surface area (Å²) in [6.07, 6.45) is -7.95. The molecule has 0 heterocycles. The second kappa shape index (κ2) is 11.8. The molecule has 0 aromatic rings. The molecule has 3 unspecified atom stereocenters. The van der Waals surface area contributed by atoms with Crippen molar-refractivity contribution in [3.63, 3.8) is 0 Å². The van der Waals surface area contributed by atoms with E-state index < -0.39 is 50.2 Å². The van der Waals surface area contributed by atoms with E-state index in [-0.39, 0.29) is 6.61 Å². The fourth-order valence-corrected chi connectivity index (χ4v) is 0.780. The minimum Gasteiger partial charge on any atom is -0.394 e. The van der Waals surface area contributed by atoms with E-state index in [1.807, 2.05) is 0 Å². The highest BCUT2D eigenvalue weighted by Crippen LogP contribution is 2.10. The molecule has 0 saturated heterocycles. The van der Waals surface area contributed by atoms with Gasteiger partial charge in [0.2, 0.25) is 0 Å². The Morgan fingerprint density at radius 2 is 0.957 bits per heavy atom. The molecular formula is C7H14F6O8S2. The van der Waals surface area contributed by atoms with Crippen LogP contribution < -0.4 is 0 Å². The lowest BCUT2D eigenvalue weighted by atomic mass is 10.5. The van der Waals surface area contributed by atoms with Gasteiger partial charge in [-0.15, -0.1) is 0 Å². The van der Waals surface area contributed by atoms with Crippen LogP contribution in [0.4, 0.5) is 26.3 Å². The van der Waals surface area contributed by atoms with Crippen LogP contribution in [-0.4, -0.2) is 72.7 Å². The van der Waals surface area contributed by atoms with Crippen LogP contribution in [0.5, 0.6) is 0 Å². The zero-order valence-corrected chi connectivity index (χ0v) is 12.7. The zero-order valence-electron chi connectivity index (χ0n) is 11.1.